The second-order valence-electron chi connectivity index (χ2n) is 5.62. The molecule has 102 valence electrons. The maximum absolute atomic E-state index is 12.6. The van der Waals surface area contributed by atoms with E-state index < -0.39 is 17.4 Å². The maximum atomic E-state index is 12.6. The van der Waals surface area contributed by atoms with Crippen LogP contribution in [-0.2, 0) is 14.3 Å². The van der Waals surface area contributed by atoms with E-state index >= 15 is 0 Å². The average molecular weight is 290 g/mol. The van der Waals surface area contributed by atoms with Crippen LogP contribution in [0.2, 0.25) is 5.02 Å². The number of anilines is 1. The summed E-state index contributed by atoms with van der Waals surface area (Å²) < 4.78 is 5.77. The summed E-state index contributed by atoms with van der Waals surface area (Å²) in [7, 11) is 0. The molecule has 2 bridgehead atoms. The normalized spacial score (nSPS) is 37.9. The number of amides is 2. The van der Waals surface area contributed by atoms with Gasteiger partial charge in [-0.05, 0) is 31.2 Å². The molecule has 0 aromatic heterocycles. The quantitative estimate of drug-likeness (QED) is 0.588. The first-order valence-electron chi connectivity index (χ1n) is 6.52. The van der Waals surface area contributed by atoms with Gasteiger partial charge in [0.25, 0.3) is 0 Å². The Morgan fingerprint density at radius 1 is 1.20 bits per heavy atom. The van der Waals surface area contributed by atoms with E-state index in [0.29, 0.717) is 10.7 Å². The third-order valence-electron chi connectivity index (χ3n) is 4.41. The van der Waals surface area contributed by atoms with Crippen molar-refractivity contribution in [1.29, 1.82) is 0 Å². The summed E-state index contributed by atoms with van der Waals surface area (Å²) in [5.41, 5.74) is -0.0784. The number of nitrogens with zero attached hydrogens (tertiary/aromatic N) is 1. The van der Waals surface area contributed by atoms with Crippen LogP contribution < -0.4 is 4.90 Å². The fraction of sp³-hybridized carbons (Fsp3) is 0.333. The molecule has 1 aromatic rings. The Kier molecular flexibility index (Phi) is 2.25. The van der Waals surface area contributed by atoms with E-state index in [-0.39, 0.29) is 17.9 Å². The second kappa shape index (κ2) is 3.71. The highest BCUT2D eigenvalue weighted by atomic mass is 35.5. The number of rotatable bonds is 1. The number of carbonyl (C=O) groups excluding carboxylic acids is 2. The van der Waals surface area contributed by atoms with Crippen LogP contribution in [0.1, 0.15) is 6.92 Å². The van der Waals surface area contributed by atoms with Gasteiger partial charge >= 0.3 is 0 Å². The summed E-state index contributed by atoms with van der Waals surface area (Å²) in [6, 6.07) is 6.74. The number of ether oxygens (including phenoxy) is 1. The van der Waals surface area contributed by atoms with Crippen LogP contribution in [-0.4, -0.2) is 23.5 Å². The lowest BCUT2D eigenvalue weighted by atomic mass is 9.78. The van der Waals surface area contributed by atoms with Gasteiger partial charge in [-0.25, -0.2) is 4.90 Å². The van der Waals surface area contributed by atoms with E-state index in [4.69, 9.17) is 16.3 Å². The summed E-state index contributed by atoms with van der Waals surface area (Å²) in [5.74, 6) is -1.18. The smallest absolute Gasteiger partial charge is 0.241 e. The topological polar surface area (TPSA) is 46.6 Å². The van der Waals surface area contributed by atoms with Crippen molar-refractivity contribution < 1.29 is 14.3 Å². The molecular weight excluding hydrogens is 278 g/mol. The van der Waals surface area contributed by atoms with Gasteiger partial charge in [-0.15, -0.1) is 0 Å². The van der Waals surface area contributed by atoms with E-state index in [0.717, 1.165) is 0 Å². The van der Waals surface area contributed by atoms with Crippen LogP contribution >= 0.6 is 11.6 Å². The minimum atomic E-state index is -0.650. The standard InChI is InChI=1S/C15H12ClNO3/c1-15-7-6-10(20-15)11-12(15)14(19)17(13(11)18)9-4-2-8(16)3-5-9/h2-7,10-12H,1H3/t10-,11-,12-,15-/m1/s1. The van der Waals surface area contributed by atoms with Crippen molar-refractivity contribution in [3.05, 3.63) is 41.4 Å². The molecule has 0 aliphatic carbocycles. The number of hydrogen-bond donors (Lipinski definition) is 0. The van der Waals surface area contributed by atoms with Crippen LogP contribution in [0, 0.1) is 11.8 Å². The van der Waals surface area contributed by atoms with E-state index in [1.54, 1.807) is 24.3 Å². The molecule has 3 aliphatic heterocycles. The first-order chi connectivity index (χ1) is 9.51. The SMILES string of the molecule is C[C@]12C=C[C@@H](O1)[C@H]1C(=O)N(c3ccc(Cl)cc3)C(=O)[C@@H]12. The van der Waals surface area contributed by atoms with Gasteiger partial charge in [-0.3, -0.25) is 9.59 Å². The zero-order chi connectivity index (χ0) is 14.1. The summed E-state index contributed by atoms with van der Waals surface area (Å²) in [5, 5.41) is 0.574. The Hall–Kier alpha value is -1.65. The first-order valence-corrected chi connectivity index (χ1v) is 6.90. The minimum absolute atomic E-state index is 0.180. The molecule has 2 fully saturated rings. The van der Waals surface area contributed by atoms with Gasteiger partial charge in [0.2, 0.25) is 11.8 Å². The number of hydrogen-bond acceptors (Lipinski definition) is 3. The Bertz CT molecular complexity index is 654. The lowest BCUT2D eigenvalue weighted by Gasteiger charge is -2.24. The van der Waals surface area contributed by atoms with Crippen molar-refractivity contribution >= 4 is 29.1 Å². The molecular formula is C15H12ClNO3. The van der Waals surface area contributed by atoms with Gasteiger partial charge in [-0.1, -0.05) is 23.8 Å². The molecule has 20 heavy (non-hydrogen) atoms. The monoisotopic (exact) mass is 289 g/mol. The fourth-order valence-electron chi connectivity index (χ4n) is 3.50. The molecule has 3 heterocycles. The van der Waals surface area contributed by atoms with Crippen molar-refractivity contribution in [1.82, 2.24) is 0 Å². The van der Waals surface area contributed by atoms with Gasteiger partial charge in [0.1, 0.15) is 0 Å². The van der Waals surface area contributed by atoms with Crippen LogP contribution in [0.15, 0.2) is 36.4 Å². The Balaban J connectivity index is 1.77. The lowest BCUT2D eigenvalue weighted by molar-refractivity contribution is -0.126. The predicted molar refractivity (Wildman–Crippen MR) is 73.3 cm³/mol. The molecule has 0 N–H and O–H groups in total. The molecule has 4 nitrogen and oxygen atoms in total. The summed E-state index contributed by atoms with van der Waals surface area (Å²) in [6.07, 6.45) is 3.51. The number of imide groups is 1. The van der Waals surface area contributed by atoms with Gasteiger partial charge in [0.05, 0.1) is 29.2 Å². The van der Waals surface area contributed by atoms with Crippen LogP contribution in [0.3, 0.4) is 0 Å². The van der Waals surface area contributed by atoms with Crippen LogP contribution in [0.25, 0.3) is 0 Å². The number of benzene rings is 1. The molecule has 1 aromatic carbocycles. The van der Waals surface area contributed by atoms with Crippen molar-refractivity contribution in [3.63, 3.8) is 0 Å². The van der Waals surface area contributed by atoms with Crippen molar-refractivity contribution in [3.8, 4) is 0 Å². The molecule has 0 saturated carbocycles. The Labute approximate surface area is 121 Å². The van der Waals surface area contributed by atoms with Gasteiger partial charge in [-0.2, -0.15) is 0 Å². The van der Waals surface area contributed by atoms with Gasteiger partial charge < -0.3 is 4.74 Å². The molecule has 0 spiro atoms. The second-order valence-corrected chi connectivity index (χ2v) is 6.05. The lowest BCUT2D eigenvalue weighted by Crippen LogP contribution is -2.38. The van der Waals surface area contributed by atoms with E-state index in [2.05, 4.69) is 0 Å². The minimum Gasteiger partial charge on any atom is -0.362 e. The zero-order valence-electron chi connectivity index (χ0n) is 10.7. The molecule has 5 heteroatoms. The van der Waals surface area contributed by atoms with E-state index in [9.17, 15) is 9.59 Å². The first kappa shape index (κ1) is 12.1. The van der Waals surface area contributed by atoms with Gasteiger partial charge in [0, 0.05) is 5.02 Å². The molecule has 4 rings (SSSR count). The number of halogens is 1. The molecule has 0 unspecified atom stereocenters. The van der Waals surface area contributed by atoms with E-state index in [1.165, 1.54) is 4.90 Å². The zero-order valence-corrected chi connectivity index (χ0v) is 11.5. The summed E-state index contributed by atoms with van der Waals surface area (Å²) in [4.78, 5) is 26.5. The average Bonchev–Trinajstić information content (AvgIpc) is 3.01. The van der Waals surface area contributed by atoms with E-state index in [1.807, 2.05) is 19.1 Å². The molecule has 2 saturated heterocycles. The molecule has 3 aliphatic rings. The molecule has 2 amide bonds. The van der Waals surface area contributed by atoms with Crippen LogP contribution in [0.4, 0.5) is 5.69 Å². The van der Waals surface area contributed by atoms with Crippen molar-refractivity contribution in [2.45, 2.75) is 18.6 Å². The highest BCUT2D eigenvalue weighted by molar-refractivity contribution is 6.31. The Morgan fingerprint density at radius 3 is 2.55 bits per heavy atom. The highest BCUT2D eigenvalue weighted by Crippen LogP contribution is 2.52. The fourth-order valence-corrected chi connectivity index (χ4v) is 3.62. The largest absolute Gasteiger partial charge is 0.362 e. The summed E-state index contributed by atoms with van der Waals surface area (Å²) >= 11 is 5.85. The molecule has 4 atom stereocenters. The maximum Gasteiger partial charge on any atom is 0.241 e. The predicted octanol–water partition coefficient (Wildman–Crippen LogP) is 2.17. The highest BCUT2D eigenvalue weighted by Gasteiger charge is 2.65. The third-order valence-corrected chi connectivity index (χ3v) is 4.67. The Morgan fingerprint density at radius 2 is 1.90 bits per heavy atom. The number of fused-ring (bicyclic) bond motifs is 5. The third kappa shape index (κ3) is 1.35. The van der Waals surface area contributed by atoms with Crippen molar-refractivity contribution in [2.75, 3.05) is 4.90 Å². The van der Waals surface area contributed by atoms with Gasteiger partial charge in [0.15, 0.2) is 0 Å². The summed E-state index contributed by atoms with van der Waals surface area (Å²) in [6.45, 7) is 1.87. The molecule has 0 radical (unpaired) electrons. The van der Waals surface area contributed by atoms with Crippen LogP contribution in [0.5, 0.6) is 0 Å². The number of carbonyl (C=O) groups is 2. The van der Waals surface area contributed by atoms with Crippen molar-refractivity contribution in [2.24, 2.45) is 11.8 Å².